The van der Waals surface area contributed by atoms with Gasteiger partial charge in [0.15, 0.2) is 24.9 Å². The molecule has 2 unspecified atom stereocenters. The standard InChI is InChI=1S/C23H25Cl2F5N4O4SSi/c1-22(2)18-5-6-33(18)39(31,36)34(40(22,3)4)20(35)13-8-14(24)17(9-16(13)26)38-12-7-15(25)19(32-10-12)37-11-23(29,30)21(27)28/h7-10,18,21,31H,5-6,11H2,1-4H3. The lowest BCUT2D eigenvalue weighted by Crippen LogP contribution is -2.76. The van der Waals surface area contributed by atoms with E-state index in [2.05, 4.69) is 9.72 Å². The first-order chi connectivity index (χ1) is 18.3. The molecule has 2 aliphatic heterocycles. The van der Waals surface area contributed by atoms with Crippen molar-refractivity contribution in [3.63, 3.8) is 0 Å². The van der Waals surface area contributed by atoms with Crippen molar-refractivity contribution in [1.82, 2.24) is 13.3 Å². The maximum atomic E-state index is 15.3. The van der Waals surface area contributed by atoms with E-state index >= 15 is 4.39 Å². The third kappa shape index (κ3) is 5.03. The molecule has 2 aliphatic rings. The maximum Gasteiger partial charge on any atom is 0.340 e. The second kappa shape index (κ2) is 10.3. The molecule has 1 aromatic carbocycles. The van der Waals surface area contributed by atoms with Crippen molar-refractivity contribution < 1.29 is 40.4 Å². The van der Waals surface area contributed by atoms with Crippen LogP contribution >= 0.6 is 23.2 Å². The fourth-order valence-electron chi connectivity index (χ4n) is 4.64. The summed E-state index contributed by atoms with van der Waals surface area (Å²) in [6.45, 7) is 6.29. The maximum absolute atomic E-state index is 15.3. The van der Waals surface area contributed by atoms with Crippen LogP contribution in [0.5, 0.6) is 17.4 Å². The third-order valence-corrected chi connectivity index (χ3v) is 16.7. The third-order valence-electron chi connectivity index (χ3n) is 7.62. The summed E-state index contributed by atoms with van der Waals surface area (Å²) in [6.07, 6.45) is -2.24. The van der Waals surface area contributed by atoms with E-state index in [1.165, 1.54) is 4.31 Å². The van der Waals surface area contributed by atoms with Crippen molar-refractivity contribution in [3.8, 4) is 17.4 Å². The summed E-state index contributed by atoms with van der Waals surface area (Å²) in [4.78, 5) is 17.3. The summed E-state index contributed by atoms with van der Waals surface area (Å²) in [5.74, 6) is -7.36. The van der Waals surface area contributed by atoms with Gasteiger partial charge in [0.25, 0.3) is 5.91 Å². The topological polar surface area (TPSA) is 95.8 Å². The van der Waals surface area contributed by atoms with Crippen LogP contribution < -0.4 is 9.47 Å². The quantitative estimate of drug-likeness (QED) is 0.258. The Labute approximate surface area is 238 Å². The molecule has 2 atom stereocenters. The number of pyridine rings is 1. The SMILES string of the molecule is CC1(C)C2CCN2S(=N)(=O)N(C(=O)c2cc(Cl)c(Oc3cnc(OCC(F)(F)C(F)F)c(Cl)c3)cc2F)[Si]1(C)C. The second-order valence-electron chi connectivity index (χ2n) is 10.5. The van der Waals surface area contributed by atoms with Gasteiger partial charge in [-0.15, -0.1) is 0 Å². The molecule has 40 heavy (non-hydrogen) atoms. The van der Waals surface area contributed by atoms with Gasteiger partial charge >= 0.3 is 12.3 Å². The number of hydrogen-bond donors (Lipinski definition) is 1. The molecule has 0 saturated carbocycles. The van der Waals surface area contributed by atoms with E-state index in [1.54, 1.807) is 0 Å². The van der Waals surface area contributed by atoms with Crippen LogP contribution in [0.25, 0.3) is 0 Å². The number of benzene rings is 1. The van der Waals surface area contributed by atoms with Crippen molar-refractivity contribution in [2.45, 2.75) is 56.8 Å². The van der Waals surface area contributed by atoms with E-state index in [1.807, 2.05) is 26.9 Å². The Morgan fingerprint density at radius 2 is 1.93 bits per heavy atom. The largest absolute Gasteiger partial charge is 0.470 e. The van der Waals surface area contributed by atoms with Crippen molar-refractivity contribution in [1.29, 1.82) is 4.78 Å². The molecule has 2 fully saturated rings. The number of amides is 1. The van der Waals surface area contributed by atoms with Gasteiger partial charge in [0.1, 0.15) is 22.3 Å². The Bertz CT molecular complexity index is 1460. The number of fused-ring (bicyclic) bond motifs is 1. The number of aromatic nitrogens is 1. The van der Waals surface area contributed by atoms with E-state index in [9.17, 15) is 26.6 Å². The Kier molecular flexibility index (Phi) is 7.89. The van der Waals surface area contributed by atoms with Crippen LogP contribution in [-0.4, -0.2) is 63.2 Å². The normalized spacial score (nSPS) is 23.9. The van der Waals surface area contributed by atoms with E-state index in [-0.39, 0.29) is 27.6 Å². The molecule has 8 nitrogen and oxygen atoms in total. The van der Waals surface area contributed by atoms with Gasteiger partial charge in [0, 0.05) is 24.7 Å². The molecule has 3 heterocycles. The highest BCUT2D eigenvalue weighted by Crippen LogP contribution is 2.55. The smallest absolute Gasteiger partial charge is 0.340 e. The molecule has 0 aliphatic carbocycles. The van der Waals surface area contributed by atoms with Crippen LogP contribution in [0.2, 0.25) is 28.2 Å². The molecular formula is C23H25Cl2F5N4O4SSi. The zero-order valence-corrected chi connectivity index (χ0v) is 24.9. The van der Waals surface area contributed by atoms with E-state index < -0.39 is 65.5 Å². The van der Waals surface area contributed by atoms with Crippen LogP contribution in [0.4, 0.5) is 22.0 Å². The lowest BCUT2D eigenvalue weighted by atomic mass is 9.94. The zero-order valence-electron chi connectivity index (χ0n) is 21.6. The highest BCUT2D eigenvalue weighted by molar-refractivity contribution is 7.90. The van der Waals surface area contributed by atoms with Gasteiger partial charge in [-0.05, 0) is 30.6 Å². The summed E-state index contributed by atoms with van der Waals surface area (Å²) in [5.41, 5.74) is -0.493. The van der Waals surface area contributed by atoms with Gasteiger partial charge in [-0.2, -0.15) is 13.1 Å². The molecule has 17 heteroatoms. The summed E-state index contributed by atoms with van der Waals surface area (Å²) in [7, 11) is -6.61. The Hall–Kier alpha value is -2.20. The summed E-state index contributed by atoms with van der Waals surface area (Å²) in [5, 5.41) is -1.02. The second-order valence-corrected chi connectivity index (χ2v) is 18.3. The molecule has 2 aromatic rings. The predicted octanol–water partition coefficient (Wildman–Crippen LogP) is 6.99. The fourth-order valence-corrected chi connectivity index (χ4v) is 12.5. The first-order valence-electron chi connectivity index (χ1n) is 11.8. The predicted molar refractivity (Wildman–Crippen MR) is 141 cm³/mol. The number of nitrogens with zero attached hydrogens (tertiary/aromatic N) is 3. The Morgan fingerprint density at radius 3 is 2.48 bits per heavy atom. The lowest BCUT2D eigenvalue weighted by molar-refractivity contribution is -0.148. The molecule has 0 bridgehead atoms. The van der Waals surface area contributed by atoms with Crippen LogP contribution in [0.3, 0.4) is 0 Å². The van der Waals surface area contributed by atoms with Crippen molar-refractivity contribution >= 4 is 47.4 Å². The fraction of sp³-hybridized carbons (Fsp3) is 0.478. The zero-order chi connectivity index (χ0) is 30.0. The number of ether oxygens (including phenoxy) is 2. The molecule has 4 rings (SSSR count). The number of halogens is 7. The Morgan fingerprint density at radius 1 is 1.27 bits per heavy atom. The van der Waals surface area contributed by atoms with Crippen molar-refractivity contribution in [2.24, 2.45) is 0 Å². The molecule has 0 radical (unpaired) electrons. The van der Waals surface area contributed by atoms with Gasteiger partial charge in [-0.25, -0.2) is 27.1 Å². The van der Waals surface area contributed by atoms with Crippen LogP contribution in [-0.2, 0) is 10.1 Å². The molecule has 1 aromatic heterocycles. The van der Waals surface area contributed by atoms with E-state index in [4.69, 9.17) is 32.7 Å². The summed E-state index contributed by atoms with van der Waals surface area (Å²) < 4.78 is 101. The first-order valence-corrected chi connectivity index (χ1v) is 17.0. The van der Waals surface area contributed by atoms with Crippen LogP contribution in [0, 0.1) is 10.6 Å². The van der Waals surface area contributed by atoms with Crippen molar-refractivity contribution in [3.05, 3.63) is 45.8 Å². The number of carbonyl (C=O) groups excluding carboxylic acids is 1. The minimum absolute atomic E-state index is 0.120. The molecule has 220 valence electrons. The molecule has 0 spiro atoms. The molecule has 2 saturated heterocycles. The van der Waals surface area contributed by atoms with Gasteiger partial charge in [0.05, 0.1) is 16.8 Å². The van der Waals surface area contributed by atoms with E-state index in [0.29, 0.717) is 6.54 Å². The average Bonchev–Trinajstić information content (AvgIpc) is 2.78. The summed E-state index contributed by atoms with van der Waals surface area (Å²) >= 11 is 12.2. The van der Waals surface area contributed by atoms with Crippen molar-refractivity contribution in [2.75, 3.05) is 13.2 Å². The number of rotatable bonds is 7. The number of carbonyl (C=O) groups is 1. The average molecular weight is 648 g/mol. The number of hydrogen-bond acceptors (Lipinski definition) is 6. The lowest BCUT2D eigenvalue weighted by Gasteiger charge is -2.63. The monoisotopic (exact) mass is 646 g/mol. The molecule has 1 amide bonds. The van der Waals surface area contributed by atoms with Crippen LogP contribution in [0.1, 0.15) is 30.6 Å². The first kappa shape index (κ1) is 30.7. The molecular weight excluding hydrogens is 622 g/mol. The number of nitrogens with one attached hydrogen (secondary N) is 1. The van der Waals surface area contributed by atoms with Gasteiger partial charge in [0.2, 0.25) is 5.88 Å². The minimum atomic E-state index is -4.42. The Balaban J connectivity index is 1.58. The minimum Gasteiger partial charge on any atom is -0.470 e. The number of alkyl halides is 4. The van der Waals surface area contributed by atoms with Gasteiger partial charge in [-0.1, -0.05) is 37.0 Å². The molecule has 1 N–H and O–H groups in total. The summed E-state index contributed by atoms with van der Waals surface area (Å²) in [6, 6.07) is 2.76. The van der Waals surface area contributed by atoms with Gasteiger partial charge in [-0.3, -0.25) is 8.77 Å². The highest BCUT2D eigenvalue weighted by Gasteiger charge is 2.64. The highest BCUT2D eigenvalue weighted by atomic mass is 35.5. The van der Waals surface area contributed by atoms with E-state index in [0.717, 1.165) is 34.8 Å². The van der Waals surface area contributed by atoms with Crippen LogP contribution in [0.15, 0.2) is 24.4 Å². The van der Waals surface area contributed by atoms with Gasteiger partial charge < -0.3 is 9.47 Å².